The first-order valence-corrected chi connectivity index (χ1v) is 9.68. The standard InChI is InChI=1S/C22H26N4O4.ClH/c1-15-8-10-16(11-9-15)23-20(28)14-24(2)12-17(27)13-26-21(29)18-6-4-5-7-19(18)25(3)22(26)30;/h4-11,17,27H,12-14H2,1-3H3,(H,23,28);1H. The van der Waals surface area contributed by atoms with Gasteiger partial charge in [0.1, 0.15) is 0 Å². The van der Waals surface area contributed by atoms with Crippen LogP contribution in [0.25, 0.3) is 10.9 Å². The van der Waals surface area contributed by atoms with Gasteiger partial charge in [-0.1, -0.05) is 29.8 Å². The van der Waals surface area contributed by atoms with Crippen LogP contribution < -0.4 is 16.6 Å². The molecular formula is C22H27ClN4O4. The Morgan fingerprint density at radius 2 is 1.77 bits per heavy atom. The van der Waals surface area contributed by atoms with E-state index in [1.165, 1.54) is 4.57 Å². The topological polar surface area (TPSA) is 96.6 Å². The number of amides is 1. The molecule has 2 aromatic carbocycles. The van der Waals surface area contributed by atoms with Gasteiger partial charge in [-0.3, -0.25) is 23.6 Å². The van der Waals surface area contributed by atoms with E-state index < -0.39 is 17.4 Å². The number of benzene rings is 2. The molecule has 0 aliphatic rings. The van der Waals surface area contributed by atoms with Gasteiger partial charge in [-0.2, -0.15) is 0 Å². The average molecular weight is 447 g/mol. The second-order valence-corrected chi connectivity index (χ2v) is 7.54. The number of aromatic nitrogens is 2. The van der Waals surface area contributed by atoms with Crippen LogP contribution in [0.4, 0.5) is 5.69 Å². The van der Waals surface area contributed by atoms with Gasteiger partial charge in [0.25, 0.3) is 5.56 Å². The fourth-order valence-corrected chi connectivity index (χ4v) is 3.40. The Morgan fingerprint density at radius 1 is 1.13 bits per heavy atom. The van der Waals surface area contributed by atoms with Gasteiger partial charge in [0.2, 0.25) is 5.91 Å². The van der Waals surface area contributed by atoms with E-state index in [2.05, 4.69) is 5.32 Å². The predicted molar refractivity (Wildman–Crippen MR) is 124 cm³/mol. The van der Waals surface area contributed by atoms with E-state index in [1.54, 1.807) is 43.3 Å². The van der Waals surface area contributed by atoms with Crippen LogP contribution in [0.5, 0.6) is 0 Å². The van der Waals surface area contributed by atoms with Crippen molar-refractivity contribution in [2.75, 3.05) is 25.5 Å². The van der Waals surface area contributed by atoms with Crippen LogP contribution in [0.1, 0.15) is 5.56 Å². The Hall–Kier alpha value is -2.94. The van der Waals surface area contributed by atoms with Gasteiger partial charge in [-0.25, -0.2) is 4.79 Å². The lowest BCUT2D eigenvalue weighted by molar-refractivity contribution is -0.117. The summed E-state index contributed by atoms with van der Waals surface area (Å²) in [5.41, 5.74) is 1.42. The molecule has 0 fully saturated rings. The van der Waals surface area contributed by atoms with Crippen molar-refractivity contribution in [3.8, 4) is 0 Å². The number of nitrogens with one attached hydrogen (secondary N) is 1. The number of aliphatic hydroxyl groups is 1. The molecule has 1 atom stereocenters. The van der Waals surface area contributed by atoms with Crippen molar-refractivity contribution in [1.82, 2.24) is 14.0 Å². The maximum Gasteiger partial charge on any atom is 0.331 e. The van der Waals surface area contributed by atoms with E-state index in [1.807, 2.05) is 31.2 Å². The number of aliphatic hydroxyl groups excluding tert-OH is 1. The molecule has 9 heteroatoms. The highest BCUT2D eigenvalue weighted by Gasteiger charge is 2.17. The van der Waals surface area contributed by atoms with Crippen molar-refractivity contribution < 1.29 is 9.90 Å². The van der Waals surface area contributed by atoms with E-state index in [0.29, 0.717) is 16.6 Å². The summed E-state index contributed by atoms with van der Waals surface area (Å²) >= 11 is 0. The predicted octanol–water partition coefficient (Wildman–Crippen LogP) is 1.36. The highest BCUT2D eigenvalue weighted by molar-refractivity contribution is 5.92. The normalized spacial score (nSPS) is 11.9. The van der Waals surface area contributed by atoms with Crippen LogP contribution in [0.15, 0.2) is 58.1 Å². The van der Waals surface area contributed by atoms with Gasteiger partial charge in [0.15, 0.2) is 0 Å². The highest BCUT2D eigenvalue weighted by atomic mass is 35.5. The number of likely N-dealkylation sites (N-methyl/N-ethyl adjacent to an activating group) is 1. The van der Waals surface area contributed by atoms with Gasteiger partial charge >= 0.3 is 5.69 Å². The average Bonchev–Trinajstić information content (AvgIpc) is 2.71. The summed E-state index contributed by atoms with van der Waals surface area (Å²) in [5, 5.41) is 13.6. The van der Waals surface area contributed by atoms with Gasteiger partial charge in [0.05, 0.1) is 30.1 Å². The minimum Gasteiger partial charge on any atom is -0.390 e. The van der Waals surface area contributed by atoms with Crippen molar-refractivity contribution in [2.24, 2.45) is 7.05 Å². The molecule has 0 saturated heterocycles. The number of hydrogen-bond donors (Lipinski definition) is 2. The Balaban J connectivity index is 0.00000341. The third-order valence-electron chi connectivity index (χ3n) is 4.92. The number of carbonyl (C=O) groups is 1. The molecule has 1 heterocycles. The zero-order chi connectivity index (χ0) is 21.8. The van der Waals surface area contributed by atoms with Gasteiger partial charge in [-0.05, 0) is 38.2 Å². The lowest BCUT2D eigenvalue weighted by Gasteiger charge is -2.21. The molecule has 3 aromatic rings. The lowest BCUT2D eigenvalue weighted by atomic mass is 10.2. The van der Waals surface area contributed by atoms with Crippen LogP contribution in [0.2, 0.25) is 0 Å². The monoisotopic (exact) mass is 446 g/mol. The molecular weight excluding hydrogens is 420 g/mol. The Morgan fingerprint density at radius 3 is 2.45 bits per heavy atom. The fraction of sp³-hybridized carbons (Fsp3) is 0.318. The largest absolute Gasteiger partial charge is 0.390 e. The molecule has 0 radical (unpaired) electrons. The van der Waals surface area contributed by atoms with Crippen molar-refractivity contribution in [2.45, 2.75) is 19.6 Å². The summed E-state index contributed by atoms with van der Waals surface area (Å²) in [6.45, 7) is 2.01. The molecule has 0 aliphatic carbocycles. The number of fused-ring (bicyclic) bond motifs is 1. The van der Waals surface area contributed by atoms with Crippen molar-refractivity contribution in [3.05, 3.63) is 74.9 Å². The quantitative estimate of drug-likeness (QED) is 0.571. The second kappa shape index (κ2) is 10.4. The summed E-state index contributed by atoms with van der Waals surface area (Å²) in [4.78, 5) is 39.1. The van der Waals surface area contributed by atoms with E-state index in [9.17, 15) is 19.5 Å². The Kier molecular flexibility index (Phi) is 8.15. The lowest BCUT2D eigenvalue weighted by Crippen LogP contribution is -2.44. The summed E-state index contributed by atoms with van der Waals surface area (Å²) in [5.74, 6) is -0.215. The van der Waals surface area contributed by atoms with Crippen LogP contribution in [0.3, 0.4) is 0 Å². The summed E-state index contributed by atoms with van der Waals surface area (Å²) < 4.78 is 2.43. The number of aryl methyl sites for hydroxylation is 2. The molecule has 1 amide bonds. The number of para-hydroxylation sites is 1. The van der Waals surface area contributed by atoms with E-state index >= 15 is 0 Å². The molecule has 1 unspecified atom stereocenters. The minimum absolute atomic E-state index is 0. The van der Waals surface area contributed by atoms with Gasteiger partial charge in [0, 0.05) is 19.3 Å². The number of anilines is 1. The zero-order valence-corrected chi connectivity index (χ0v) is 18.6. The number of nitrogens with zero attached hydrogens (tertiary/aromatic N) is 3. The summed E-state index contributed by atoms with van der Waals surface area (Å²) in [6, 6.07) is 14.3. The molecule has 166 valence electrons. The van der Waals surface area contributed by atoms with Gasteiger partial charge in [-0.15, -0.1) is 12.4 Å². The molecule has 3 rings (SSSR count). The third-order valence-corrected chi connectivity index (χ3v) is 4.92. The smallest absolute Gasteiger partial charge is 0.331 e. The molecule has 1 aromatic heterocycles. The molecule has 2 N–H and O–H groups in total. The third kappa shape index (κ3) is 5.81. The molecule has 0 saturated carbocycles. The van der Waals surface area contributed by atoms with Crippen LogP contribution >= 0.6 is 12.4 Å². The van der Waals surface area contributed by atoms with Gasteiger partial charge < -0.3 is 10.4 Å². The van der Waals surface area contributed by atoms with Crippen LogP contribution in [-0.4, -0.2) is 51.3 Å². The maximum atomic E-state index is 12.7. The Labute approximate surface area is 186 Å². The van der Waals surface area contributed by atoms with Crippen LogP contribution in [0, 0.1) is 6.92 Å². The Bertz CT molecular complexity index is 1170. The van der Waals surface area contributed by atoms with Crippen LogP contribution in [-0.2, 0) is 18.4 Å². The number of hydrogen-bond acceptors (Lipinski definition) is 5. The molecule has 31 heavy (non-hydrogen) atoms. The number of halogens is 1. The zero-order valence-electron chi connectivity index (χ0n) is 17.7. The molecule has 0 bridgehead atoms. The maximum absolute atomic E-state index is 12.7. The summed E-state index contributed by atoms with van der Waals surface area (Å²) in [7, 11) is 3.29. The molecule has 8 nitrogen and oxygen atoms in total. The summed E-state index contributed by atoms with van der Waals surface area (Å²) in [6.07, 6.45) is -0.992. The van der Waals surface area contributed by atoms with E-state index in [-0.39, 0.29) is 37.9 Å². The fourth-order valence-electron chi connectivity index (χ4n) is 3.40. The number of carbonyl (C=O) groups excluding carboxylic acids is 1. The van der Waals surface area contributed by atoms with Crippen molar-refractivity contribution in [3.63, 3.8) is 0 Å². The highest BCUT2D eigenvalue weighted by Crippen LogP contribution is 2.09. The van der Waals surface area contributed by atoms with E-state index in [0.717, 1.165) is 10.1 Å². The minimum atomic E-state index is -0.992. The first-order valence-electron chi connectivity index (χ1n) is 9.68. The van der Waals surface area contributed by atoms with E-state index in [4.69, 9.17) is 0 Å². The second-order valence-electron chi connectivity index (χ2n) is 7.54. The SMILES string of the molecule is Cc1ccc(NC(=O)CN(C)CC(O)Cn2c(=O)c3ccccc3n(C)c2=O)cc1.Cl. The first-order chi connectivity index (χ1) is 14.3. The number of rotatable bonds is 7. The molecule has 0 aliphatic heterocycles. The van der Waals surface area contributed by atoms with Crippen molar-refractivity contribution >= 4 is 34.9 Å². The first kappa shape index (κ1) is 24.3. The van der Waals surface area contributed by atoms with Crippen molar-refractivity contribution in [1.29, 1.82) is 0 Å². The molecule has 0 spiro atoms.